The van der Waals surface area contributed by atoms with Gasteiger partial charge >= 0.3 is 0 Å². The molecule has 0 bridgehead atoms. The zero-order valence-electron chi connectivity index (χ0n) is 12.3. The molecule has 4 nitrogen and oxygen atoms in total. The number of hydrogen-bond donors (Lipinski definition) is 1. The van der Waals surface area contributed by atoms with Crippen molar-refractivity contribution >= 4 is 11.6 Å². The summed E-state index contributed by atoms with van der Waals surface area (Å²) < 4.78 is 5.20. The fourth-order valence-electron chi connectivity index (χ4n) is 1.85. The number of nitrogens with zero attached hydrogens (tertiary/aromatic N) is 1. The Balaban J connectivity index is 2.80. The van der Waals surface area contributed by atoms with Gasteiger partial charge in [-0.25, -0.2) is 0 Å². The molecule has 0 aromatic heterocycles. The van der Waals surface area contributed by atoms with Crippen LogP contribution in [0, 0.1) is 0 Å². The van der Waals surface area contributed by atoms with Crippen molar-refractivity contribution in [1.82, 2.24) is 4.90 Å². The highest BCUT2D eigenvalue weighted by Crippen LogP contribution is 2.18. The van der Waals surface area contributed by atoms with Crippen LogP contribution in [0.5, 0.6) is 0 Å². The second-order valence-corrected chi connectivity index (χ2v) is 4.74. The molecule has 0 aliphatic rings. The van der Waals surface area contributed by atoms with Gasteiger partial charge in [-0.15, -0.1) is 0 Å². The standard InChI is InChI=1S/C15H24N2O2/c1-5-14(11-19-4)16-15-9-7-6-8-13(15)10-17(3)12(2)18/h6-9,14,16H,5,10-11H2,1-4H3. The van der Waals surface area contributed by atoms with Gasteiger partial charge in [-0.2, -0.15) is 0 Å². The van der Waals surface area contributed by atoms with Crippen LogP contribution in [0.15, 0.2) is 24.3 Å². The van der Waals surface area contributed by atoms with E-state index in [0.717, 1.165) is 17.7 Å². The van der Waals surface area contributed by atoms with Gasteiger partial charge in [-0.1, -0.05) is 25.1 Å². The van der Waals surface area contributed by atoms with E-state index in [9.17, 15) is 4.79 Å². The molecule has 0 aliphatic heterocycles. The van der Waals surface area contributed by atoms with Gasteiger partial charge in [-0.05, 0) is 18.1 Å². The molecule has 1 unspecified atom stereocenters. The van der Waals surface area contributed by atoms with Crippen LogP contribution in [-0.2, 0) is 16.1 Å². The summed E-state index contributed by atoms with van der Waals surface area (Å²) in [5.41, 5.74) is 2.19. The summed E-state index contributed by atoms with van der Waals surface area (Å²) in [6.07, 6.45) is 0.991. The smallest absolute Gasteiger partial charge is 0.219 e. The molecule has 0 saturated heterocycles. The first kappa shape index (κ1) is 15.5. The lowest BCUT2D eigenvalue weighted by Crippen LogP contribution is -2.27. The van der Waals surface area contributed by atoms with Gasteiger partial charge < -0.3 is 15.0 Å². The largest absolute Gasteiger partial charge is 0.383 e. The number of benzene rings is 1. The van der Waals surface area contributed by atoms with Crippen LogP contribution in [0.25, 0.3) is 0 Å². The molecule has 19 heavy (non-hydrogen) atoms. The van der Waals surface area contributed by atoms with E-state index in [4.69, 9.17) is 4.74 Å². The monoisotopic (exact) mass is 264 g/mol. The second kappa shape index (κ2) is 7.79. The van der Waals surface area contributed by atoms with Crippen LogP contribution in [0.3, 0.4) is 0 Å². The van der Waals surface area contributed by atoms with Crippen LogP contribution < -0.4 is 5.32 Å². The lowest BCUT2D eigenvalue weighted by molar-refractivity contribution is -0.128. The summed E-state index contributed by atoms with van der Waals surface area (Å²) >= 11 is 0. The van der Waals surface area contributed by atoms with Crippen molar-refractivity contribution in [3.8, 4) is 0 Å². The average Bonchev–Trinajstić information content (AvgIpc) is 2.40. The molecule has 0 heterocycles. The molecule has 0 spiro atoms. The van der Waals surface area contributed by atoms with Crippen molar-refractivity contribution in [2.45, 2.75) is 32.9 Å². The number of carbonyl (C=O) groups is 1. The van der Waals surface area contributed by atoms with Gasteiger partial charge in [0.05, 0.1) is 6.61 Å². The van der Waals surface area contributed by atoms with Crippen molar-refractivity contribution in [2.75, 3.05) is 26.1 Å². The summed E-state index contributed by atoms with van der Waals surface area (Å²) in [6.45, 7) is 4.99. The predicted molar refractivity (Wildman–Crippen MR) is 78.2 cm³/mol. The average molecular weight is 264 g/mol. The van der Waals surface area contributed by atoms with Gasteiger partial charge in [0, 0.05) is 39.4 Å². The number of hydrogen-bond acceptors (Lipinski definition) is 3. The minimum atomic E-state index is 0.0683. The molecule has 1 aromatic rings. The lowest BCUT2D eigenvalue weighted by Gasteiger charge is -2.22. The van der Waals surface area contributed by atoms with Crippen LogP contribution in [0.2, 0.25) is 0 Å². The summed E-state index contributed by atoms with van der Waals surface area (Å²) in [7, 11) is 3.52. The first-order valence-corrected chi connectivity index (χ1v) is 6.63. The molecular weight excluding hydrogens is 240 g/mol. The van der Waals surface area contributed by atoms with Crippen molar-refractivity contribution in [1.29, 1.82) is 0 Å². The Morgan fingerprint density at radius 1 is 1.42 bits per heavy atom. The second-order valence-electron chi connectivity index (χ2n) is 4.74. The first-order valence-electron chi connectivity index (χ1n) is 6.63. The van der Waals surface area contributed by atoms with Crippen LogP contribution in [0.4, 0.5) is 5.69 Å². The van der Waals surface area contributed by atoms with Crippen molar-refractivity contribution < 1.29 is 9.53 Å². The maximum atomic E-state index is 11.3. The number of ether oxygens (including phenoxy) is 1. The topological polar surface area (TPSA) is 41.6 Å². The quantitative estimate of drug-likeness (QED) is 0.822. The van der Waals surface area contributed by atoms with Crippen LogP contribution >= 0.6 is 0 Å². The number of para-hydroxylation sites is 1. The van der Waals surface area contributed by atoms with Crippen molar-refractivity contribution in [3.05, 3.63) is 29.8 Å². The van der Waals surface area contributed by atoms with E-state index in [1.54, 1.807) is 18.9 Å². The van der Waals surface area contributed by atoms with E-state index < -0.39 is 0 Å². The summed E-state index contributed by atoms with van der Waals surface area (Å²) in [4.78, 5) is 13.0. The zero-order chi connectivity index (χ0) is 14.3. The van der Waals surface area contributed by atoms with Gasteiger partial charge in [-0.3, -0.25) is 4.79 Å². The number of anilines is 1. The molecule has 0 saturated carbocycles. The third-order valence-electron chi connectivity index (χ3n) is 3.18. The molecule has 1 atom stereocenters. The van der Waals surface area contributed by atoms with E-state index in [0.29, 0.717) is 13.2 Å². The van der Waals surface area contributed by atoms with Crippen LogP contribution in [-0.4, -0.2) is 37.6 Å². The number of amides is 1. The Kier molecular flexibility index (Phi) is 6.36. The predicted octanol–water partition coefficient (Wildman–Crippen LogP) is 2.50. The minimum Gasteiger partial charge on any atom is -0.383 e. The molecule has 1 aromatic carbocycles. The van der Waals surface area contributed by atoms with Gasteiger partial charge in [0.1, 0.15) is 0 Å². The Morgan fingerprint density at radius 3 is 2.68 bits per heavy atom. The number of methoxy groups -OCH3 is 1. The van der Waals surface area contributed by atoms with Gasteiger partial charge in [0.25, 0.3) is 0 Å². The molecular formula is C15H24N2O2. The Bertz CT molecular complexity index is 407. The molecule has 106 valence electrons. The molecule has 0 fully saturated rings. The third kappa shape index (κ3) is 4.91. The number of carbonyl (C=O) groups excluding carboxylic acids is 1. The number of nitrogens with one attached hydrogen (secondary N) is 1. The van der Waals surface area contributed by atoms with E-state index in [2.05, 4.69) is 12.2 Å². The number of rotatable bonds is 7. The van der Waals surface area contributed by atoms with Crippen molar-refractivity contribution in [2.24, 2.45) is 0 Å². The van der Waals surface area contributed by atoms with Crippen molar-refractivity contribution in [3.63, 3.8) is 0 Å². The summed E-state index contributed by atoms with van der Waals surface area (Å²) in [5.74, 6) is 0.0683. The van der Waals surface area contributed by atoms with E-state index in [1.165, 1.54) is 0 Å². The van der Waals surface area contributed by atoms with E-state index >= 15 is 0 Å². The normalized spacial score (nSPS) is 12.0. The first-order chi connectivity index (χ1) is 9.08. The molecule has 1 rings (SSSR count). The highest BCUT2D eigenvalue weighted by atomic mass is 16.5. The van der Waals surface area contributed by atoms with E-state index in [1.807, 2.05) is 31.3 Å². The Morgan fingerprint density at radius 2 is 2.11 bits per heavy atom. The maximum absolute atomic E-state index is 11.3. The summed E-state index contributed by atoms with van der Waals surface area (Å²) in [5, 5.41) is 3.48. The lowest BCUT2D eigenvalue weighted by atomic mass is 10.1. The highest BCUT2D eigenvalue weighted by molar-refractivity contribution is 5.73. The Hall–Kier alpha value is -1.55. The molecule has 1 amide bonds. The molecule has 0 radical (unpaired) electrons. The highest BCUT2D eigenvalue weighted by Gasteiger charge is 2.11. The Labute approximate surface area is 115 Å². The van der Waals surface area contributed by atoms with Crippen LogP contribution in [0.1, 0.15) is 25.8 Å². The molecule has 1 N–H and O–H groups in total. The fourth-order valence-corrected chi connectivity index (χ4v) is 1.85. The molecule has 4 heteroatoms. The molecule has 0 aliphatic carbocycles. The van der Waals surface area contributed by atoms with Gasteiger partial charge in [0.2, 0.25) is 5.91 Å². The fraction of sp³-hybridized carbons (Fsp3) is 0.533. The third-order valence-corrected chi connectivity index (χ3v) is 3.18. The van der Waals surface area contributed by atoms with Gasteiger partial charge in [0.15, 0.2) is 0 Å². The minimum absolute atomic E-state index is 0.0683. The van der Waals surface area contributed by atoms with E-state index in [-0.39, 0.29) is 11.9 Å². The summed E-state index contributed by atoms with van der Waals surface area (Å²) in [6, 6.07) is 8.36. The SMILES string of the molecule is CCC(COC)Nc1ccccc1CN(C)C(C)=O. The zero-order valence-corrected chi connectivity index (χ0v) is 12.3. The maximum Gasteiger partial charge on any atom is 0.219 e.